The molecule has 1 unspecified atom stereocenters. The first-order chi connectivity index (χ1) is 13.5. The fourth-order valence-electron chi connectivity index (χ4n) is 2.84. The van der Waals surface area contributed by atoms with Gasteiger partial charge in [0.15, 0.2) is 5.69 Å². The zero-order valence-corrected chi connectivity index (χ0v) is 16.8. The van der Waals surface area contributed by atoms with Crippen molar-refractivity contribution in [3.63, 3.8) is 0 Å². The van der Waals surface area contributed by atoms with Crippen LogP contribution in [-0.4, -0.2) is 44.9 Å². The number of halogens is 1. The van der Waals surface area contributed by atoms with Gasteiger partial charge in [-0.3, -0.25) is 9.78 Å². The van der Waals surface area contributed by atoms with E-state index in [0.717, 1.165) is 10.9 Å². The van der Waals surface area contributed by atoms with E-state index in [1.807, 2.05) is 32.2 Å². The Bertz CT molecular complexity index is 972. The second-order valence-corrected chi connectivity index (χ2v) is 7.22. The number of rotatable bonds is 4. The molecule has 0 spiro atoms. The lowest BCUT2D eigenvalue weighted by Gasteiger charge is -2.36. The molecular formula is C19H23FN6OS. The maximum atomic E-state index is 13.4. The van der Waals surface area contributed by atoms with Crippen molar-refractivity contribution in [3.05, 3.63) is 47.0 Å². The molecule has 0 bridgehead atoms. The first-order valence-corrected chi connectivity index (χ1v) is 10.1. The molecule has 1 fully saturated rings. The summed E-state index contributed by atoms with van der Waals surface area (Å²) < 4.78 is 14.1. The molecule has 3 N–H and O–H groups in total. The number of carbonyl (C=O) groups is 1. The predicted molar refractivity (Wildman–Crippen MR) is 109 cm³/mol. The van der Waals surface area contributed by atoms with Crippen molar-refractivity contribution < 1.29 is 9.18 Å². The zero-order valence-electron chi connectivity index (χ0n) is 16.0. The van der Waals surface area contributed by atoms with Gasteiger partial charge in [0.2, 0.25) is 5.95 Å². The number of hydrogen-bond donors (Lipinski definition) is 2. The van der Waals surface area contributed by atoms with Crippen molar-refractivity contribution in [2.45, 2.75) is 32.9 Å². The third kappa shape index (κ3) is 4.10. The summed E-state index contributed by atoms with van der Waals surface area (Å²) in [4.78, 5) is 27.2. The van der Waals surface area contributed by atoms with Crippen molar-refractivity contribution in [2.75, 3.05) is 18.4 Å². The van der Waals surface area contributed by atoms with E-state index in [1.165, 1.54) is 17.4 Å². The number of carbonyl (C=O) groups excluding carboxylic acids is 1. The Morgan fingerprint density at radius 3 is 2.79 bits per heavy atom. The van der Waals surface area contributed by atoms with Gasteiger partial charge in [0.25, 0.3) is 5.91 Å². The summed E-state index contributed by atoms with van der Waals surface area (Å²) in [6.07, 6.45) is 2.73. The summed E-state index contributed by atoms with van der Waals surface area (Å²) in [6, 6.07) is 3.01. The third-order valence-corrected chi connectivity index (χ3v) is 5.19. The fourth-order valence-corrected chi connectivity index (χ4v) is 3.66. The molecule has 1 aliphatic rings. The molecule has 148 valence electrons. The Morgan fingerprint density at radius 2 is 2.11 bits per heavy atom. The molecule has 4 rings (SSSR count). The summed E-state index contributed by atoms with van der Waals surface area (Å²) in [5.74, 6) is -0.235. The number of thiophene rings is 1. The number of anilines is 1. The minimum Gasteiger partial charge on any atom is -0.348 e. The average molecular weight is 402 g/mol. The number of amides is 1. The summed E-state index contributed by atoms with van der Waals surface area (Å²) in [5.41, 5.74) is 7.51. The van der Waals surface area contributed by atoms with E-state index < -0.39 is 5.82 Å². The maximum absolute atomic E-state index is 13.4. The molecule has 1 aliphatic heterocycles. The lowest BCUT2D eigenvalue weighted by Crippen LogP contribution is -2.58. The highest BCUT2D eigenvalue weighted by molar-refractivity contribution is 7.17. The quantitative estimate of drug-likeness (QED) is 0.696. The van der Waals surface area contributed by atoms with Gasteiger partial charge in [-0.15, -0.1) is 11.3 Å². The molecule has 0 radical (unpaired) electrons. The second kappa shape index (κ2) is 8.57. The van der Waals surface area contributed by atoms with Crippen LogP contribution in [0.1, 0.15) is 42.9 Å². The van der Waals surface area contributed by atoms with E-state index in [9.17, 15) is 9.18 Å². The van der Waals surface area contributed by atoms with Crippen molar-refractivity contribution in [3.8, 4) is 0 Å². The SMILES string of the molecule is CC.CC(Nc1nc(C(=O)N2CC(N)C2)c2sccc2n1)c1cncc(F)c1. The lowest BCUT2D eigenvalue weighted by atomic mass is 10.1. The molecule has 0 aromatic carbocycles. The van der Waals surface area contributed by atoms with Crippen LogP contribution in [0.5, 0.6) is 0 Å². The van der Waals surface area contributed by atoms with Gasteiger partial charge >= 0.3 is 0 Å². The summed E-state index contributed by atoms with van der Waals surface area (Å²) >= 11 is 1.43. The molecule has 0 saturated carbocycles. The zero-order chi connectivity index (χ0) is 20.3. The van der Waals surface area contributed by atoms with E-state index in [-0.39, 0.29) is 18.0 Å². The molecule has 0 aliphatic carbocycles. The number of pyridine rings is 1. The summed E-state index contributed by atoms with van der Waals surface area (Å²) in [5, 5.41) is 5.00. The van der Waals surface area contributed by atoms with Crippen LogP contribution in [0.2, 0.25) is 0 Å². The second-order valence-electron chi connectivity index (χ2n) is 6.30. The van der Waals surface area contributed by atoms with E-state index in [1.54, 1.807) is 11.1 Å². The van der Waals surface area contributed by atoms with Crippen LogP contribution in [0.4, 0.5) is 10.3 Å². The topological polar surface area (TPSA) is 97.0 Å². The molecule has 1 saturated heterocycles. The monoisotopic (exact) mass is 402 g/mol. The smallest absolute Gasteiger partial charge is 0.274 e. The molecule has 3 aromatic rings. The van der Waals surface area contributed by atoms with Crippen LogP contribution in [0, 0.1) is 5.82 Å². The van der Waals surface area contributed by atoms with Gasteiger partial charge in [0.1, 0.15) is 5.82 Å². The number of nitrogens with two attached hydrogens (primary N) is 1. The van der Waals surface area contributed by atoms with Gasteiger partial charge in [-0.25, -0.2) is 14.4 Å². The largest absolute Gasteiger partial charge is 0.348 e. The lowest BCUT2D eigenvalue weighted by molar-refractivity contribution is 0.0604. The van der Waals surface area contributed by atoms with Crippen molar-refractivity contribution in [2.24, 2.45) is 5.73 Å². The van der Waals surface area contributed by atoms with E-state index in [4.69, 9.17) is 5.73 Å². The molecule has 1 atom stereocenters. The number of nitrogens with one attached hydrogen (secondary N) is 1. The Hall–Kier alpha value is -2.65. The minimum atomic E-state index is -0.407. The van der Waals surface area contributed by atoms with E-state index in [0.29, 0.717) is 35.8 Å². The summed E-state index contributed by atoms with van der Waals surface area (Å²) in [7, 11) is 0. The number of hydrogen-bond acceptors (Lipinski definition) is 7. The molecule has 28 heavy (non-hydrogen) atoms. The Kier molecular flexibility index (Phi) is 6.15. The van der Waals surface area contributed by atoms with Gasteiger partial charge in [-0.2, -0.15) is 0 Å². The molecular weight excluding hydrogens is 379 g/mol. The average Bonchev–Trinajstić information content (AvgIpc) is 3.14. The van der Waals surface area contributed by atoms with Gasteiger partial charge in [0, 0.05) is 25.3 Å². The highest BCUT2D eigenvalue weighted by atomic mass is 32.1. The van der Waals surface area contributed by atoms with Crippen molar-refractivity contribution >= 4 is 33.4 Å². The Balaban J connectivity index is 0.00000109. The number of fused-ring (bicyclic) bond motifs is 1. The molecule has 3 aromatic heterocycles. The van der Waals surface area contributed by atoms with Gasteiger partial charge < -0.3 is 16.0 Å². The maximum Gasteiger partial charge on any atom is 0.274 e. The van der Waals surface area contributed by atoms with Crippen LogP contribution in [0.25, 0.3) is 10.2 Å². The van der Waals surface area contributed by atoms with Gasteiger partial charge in [-0.05, 0) is 30.0 Å². The van der Waals surface area contributed by atoms with E-state index in [2.05, 4.69) is 20.3 Å². The number of nitrogens with zero attached hydrogens (tertiary/aromatic N) is 4. The molecule has 9 heteroatoms. The minimum absolute atomic E-state index is 0.0257. The first-order valence-electron chi connectivity index (χ1n) is 9.18. The van der Waals surface area contributed by atoms with Crippen LogP contribution in [-0.2, 0) is 0 Å². The molecule has 7 nitrogen and oxygen atoms in total. The van der Waals surface area contributed by atoms with Gasteiger partial charge in [-0.1, -0.05) is 13.8 Å². The van der Waals surface area contributed by atoms with Crippen molar-refractivity contribution in [1.29, 1.82) is 0 Å². The van der Waals surface area contributed by atoms with Crippen LogP contribution < -0.4 is 11.1 Å². The highest BCUT2D eigenvalue weighted by Crippen LogP contribution is 2.27. The molecule has 4 heterocycles. The standard InChI is InChI=1S/C17H17FN6OS.C2H6/c1-9(10-4-11(18)6-20-5-10)21-17-22-13-2-3-26-15(13)14(23-17)16(25)24-7-12(19)8-24;1-2/h2-6,9,12H,7-8,19H2,1H3,(H,21,22,23);1-2H3. The van der Waals surface area contributed by atoms with Crippen LogP contribution in [0.15, 0.2) is 29.9 Å². The predicted octanol–water partition coefficient (Wildman–Crippen LogP) is 3.21. The first kappa shape index (κ1) is 20.1. The Morgan fingerprint density at radius 1 is 1.36 bits per heavy atom. The fraction of sp³-hybridized carbons (Fsp3) is 0.368. The highest BCUT2D eigenvalue weighted by Gasteiger charge is 2.31. The number of likely N-dealkylation sites (tertiary alicyclic amines) is 1. The van der Waals surface area contributed by atoms with Crippen LogP contribution >= 0.6 is 11.3 Å². The van der Waals surface area contributed by atoms with Gasteiger partial charge in [0.05, 0.1) is 22.5 Å². The number of aromatic nitrogens is 3. The third-order valence-electron chi connectivity index (χ3n) is 4.27. The van der Waals surface area contributed by atoms with E-state index >= 15 is 0 Å². The normalized spacial score (nSPS) is 14.8. The van der Waals surface area contributed by atoms with Crippen molar-refractivity contribution in [1.82, 2.24) is 19.9 Å². The van der Waals surface area contributed by atoms with Crippen LogP contribution in [0.3, 0.4) is 0 Å². The molecule has 1 amide bonds. The Labute approximate surface area is 166 Å². The summed E-state index contributed by atoms with van der Waals surface area (Å²) in [6.45, 7) is 6.92.